The van der Waals surface area contributed by atoms with Crippen LogP contribution in [0.15, 0.2) is 24.3 Å². The number of primary amides is 1. The van der Waals surface area contributed by atoms with Crippen LogP contribution in [0.25, 0.3) is 10.9 Å². The molecule has 2 aromatic rings. The van der Waals surface area contributed by atoms with Gasteiger partial charge in [-0.3, -0.25) is 18.7 Å². The minimum absolute atomic E-state index is 0.265. The van der Waals surface area contributed by atoms with Crippen LogP contribution >= 0.6 is 0 Å². The fraction of sp³-hybridized carbons (Fsp3) is 0.526. The van der Waals surface area contributed by atoms with E-state index >= 15 is 0 Å². The molecule has 0 bridgehead atoms. The molecular weight excluding hydrogens is 335 g/mol. The van der Waals surface area contributed by atoms with E-state index in [1.807, 2.05) is 45.0 Å². The van der Waals surface area contributed by atoms with Crippen molar-refractivity contribution in [1.82, 2.24) is 15.1 Å². The van der Waals surface area contributed by atoms with Crippen LogP contribution in [0.3, 0.4) is 0 Å². The number of aryl methyl sites for hydroxylation is 1. The molecule has 0 radical (unpaired) electrons. The van der Waals surface area contributed by atoms with Gasteiger partial charge in [-0.2, -0.15) is 5.10 Å². The van der Waals surface area contributed by atoms with E-state index in [2.05, 4.69) is 10.4 Å². The van der Waals surface area contributed by atoms with Gasteiger partial charge >= 0.3 is 0 Å². The van der Waals surface area contributed by atoms with Crippen LogP contribution in [0.5, 0.6) is 0 Å². The van der Waals surface area contributed by atoms with Crippen molar-refractivity contribution in [3.63, 3.8) is 0 Å². The zero-order chi connectivity index (χ0) is 19.3. The van der Waals surface area contributed by atoms with E-state index in [9.17, 15) is 14.0 Å². The van der Waals surface area contributed by atoms with E-state index < -0.39 is 23.3 Å². The quantitative estimate of drug-likeness (QED) is 0.708. The molecule has 0 saturated heterocycles. The van der Waals surface area contributed by atoms with Crippen molar-refractivity contribution < 1.29 is 14.0 Å². The Morgan fingerprint density at radius 2 is 1.92 bits per heavy atom. The monoisotopic (exact) mass is 362 g/mol. The Morgan fingerprint density at radius 1 is 1.23 bits per heavy atom. The van der Waals surface area contributed by atoms with Gasteiger partial charge in [0.1, 0.15) is 6.04 Å². The number of nitrogens with two attached hydrogens (primary N) is 1. The van der Waals surface area contributed by atoms with Gasteiger partial charge in [0, 0.05) is 11.9 Å². The number of halogens is 1. The van der Waals surface area contributed by atoms with Crippen molar-refractivity contribution in [2.75, 3.05) is 6.67 Å². The minimum atomic E-state index is -0.802. The Kier molecular flexibility index (Phi) is 6.34. The molecule has 1 aromatic carbocycles. The van der Waals surface area contributed by atoms with Gasteiger partial charge in [0.25, 0.3) is 5.91 Å². The van der Waals surface area contributed by atoms with E-state index in [4.69, 9.17) is 5.73 Å². The van der Waals surface area contributed by atoms with Crippen LogP contribution < -0.4 is 11.1 Å². The first-order valence-electron chi connectivity index (χ1n) is 8.87. The molecule has 26 heavy (non-hydrogen) atoms. The lowest BCUT2D eigenvalue weighted by Crippen LogP contribution is -2.52. The number of aromatic nitrogens is 2. The summed E-state index contributed by atoms with van der Waals surface area (Å²) in [7, 11) is 0. The number of nitrogens with zero attached hydrogens (tertiary/aromatic N) is 2. The summed E-state index contributed by atoms with van der Waals surface area (Å²) in [5, 5.41) is 7.87. The number of nitrogens with one attached hydrogen (secondary N) is 1. The van der Waals surface area contributed by atoms with Crippen molar-refractivity contribution >= 4 is 22.7 Å². The molecule has 2 rings (SSSR count). The van der Waals surface area contributed by atoms with Crippen molar-refractivity contribution in [2.24, 2.45) is 11.1 Å². The van der Waals surface area contributed by atoms with Gasteiger partial charge in [0.2, 0.25) is 5.91 Å². The van der Waals surface area contributed by atoms with Crippen LogP contribution in [-0.4, -0.2) is 34.3 Å². The Labute approximate surface area is 152 Å². The van der Waals surface area contributed by atoms with Crippen LogP contribution in [0, 0.1) is 5.41 Å². The Balaban J connectivity index is 2.28. The molecule has 0 saturated carbocycles. The molecule has 0 aliphatic rings. The highest BCUT2D eigenvalue weighted by Crippen LogP contribution is 2.22. The molecule has 0 fully saturated rings. The smallest absolute Gasteiger partial charge is 0.273 e. The first-order chi connectivity index (χ1) is 12.3. The molecule has 0 aliphatic carbocycles. The highest BCUT2D eigenvalue weighted by Gasteiger charge is 2.32. The Bertz CT molecular complexity index is 779. The van der Waals surface area contributed by atoms with E-state index in [1.165, 1.54) is 0 Å². The molecule has 1 heterocycles. The number of rotatable bonds is 8. The number of hydrogen-bond donors (Lipinski definition) is 2. The average molecular weight is 362 g/mol. The largest absolute Gasteiger partial charge is 0.368 e. The summed E-state index contributed by atoms with van der Waals surface area (Å²) >= 11 is 0. The molecule has 1 unspecified atom stereocenters. The van der Waals surface area contributed by atoms with Crippen LogP contribution in [0.2, 0.25) is 0 Å². The van der Waals surface area contributed by atoms with Gasteiger partial charge < -0.3 is 11.1 Å². The van der Waals surface area contributed by atoms with Crippen LogP contribution in [0.4, 0.5) is 4.39 Å². The fourth-order valence-corrected chi connectivity index (χ4v) is 2.91. The Hall–Kier alpha value is -2.44. The zero-order valence-corrected chi connectivity index (χ0v) is 15.6. The third-order valence-corrected chi connectivity index (χ3v) is 4.30. The molecule has 1 atom stereocenters. The van der Waals surface area contributed by atoms with Crippen molar-refractivity contribution in [1.29, 1.82) is 0 Å². The molecule has 2 amide bonds. The highest BCUT2D eigenvalue weighted by molar-refractivity contribution is 6.06. The minimum Gasteiger partial charge on any atom is -0.368 e. The SMILES string of the molecule is CC(C)(C)C(NC(=O)c1nn(CCCCCF)c2ccccc12)C(N)=O. The van der Waals surface area contributed by atoms with Gasteiger partial charge in [0.05, 0.1) is 12.2 Å². The molecule has 142 valence electrons. The lowest BCUT2D eigenvalue weighted by molar-refractivity contribution is -0.122. The second-order valence-corrected chi connectivity index (χ2v) is 7.51. The van der Waals surface area contributed by atoms with E-state index in [-0.39, 0.29) is 12.4 Å². The van der Waals surface area contributed by atoms with Crippen molar-refractivity contribution in [3.05, 3.63) is 30.0 Å². The summed E-state index contributed by atoms with van der Waals surface area (Å²) in [6.45, 7) is 5.79. The van der Waals surface area contributed by atoms with E-state index in [0.29, 0.717) is 18.4 Å². The molecule has 0 aliphatic heterocycles. The summed E-state index contributed by atoms with van der Waals surface area (Å²) in [5.41, 5.74) is 6.05. The van der Waals surface area contributed by atoms with Gasteiger partial charge in [0.15, 0.2) is 5.69 Å². The third kappa shape index (κ3) is 4.59. The maximum atomic E-state index is 12.8. The number of benzene rings is 1. The highest BCUT2D eigenvalue weighted by atomic mass is 19.1. The lowest BCUT2D eigenvalue weighted by atomic mass is 9.86. The third-order valence-electron chi connectivity index (χ3n) is 4.30. The first-order valence-corrected chi connectivity index (χ1v) is 8.87. The normalized spacial score (nSPS) is 12.9. The number of hydrogen-bond acceptors (Lipinski definition) is 3. The summed E-state index contributed by atoms with van der Waals surface area (Å²) in [6, 6.07) is 6.63. The van der Waals surface area contributed by atoms with Crippen LogP contribution in [-0.2, 0) is 11.3 Å². The van der Waals surface area contributed by atoms with Gasteiger partial charge in [-0.1, -0.05) is 39.0 Å². The number of fused-ring (bicyclic) bond motifs is 1. The average Bonchev–Trinajstić information content (AvgIpc) is 2.94. The molecular formula is C19H27FN4O2. The molecule has 6 nitrogen and oxygen atoms in total. The molecule has 7 heteroatoms. The van der Waals surface area contributed by atoms with E-state index in [1.54, 1.807) is 4.68 Å². The molecule has 1 aromatic heterocycles. The number of carbonyl (C=O) groups excluding carboxylic acids is 2. The number of amides is 2. The lowest BCUT2D eigenvalue weighted by Gasteiger charge is -2.28. The summed E-state index contributed by atoms with van der Waals surface area (Å²) in [4.78, 5) is 24.5. The maximum absolute atomic E-state index is 12.8. The molecule has 3 N–H and O–H groups in total. The van der Waals surface area contributed by atoms with Crippen LogP contribution in [0.1, 0.15) is 50.5 Å². The molecule has 0 spiro atoms. The predicted molar refractivity (Wildman–Crippen MR) is 99.5 cm³/mol. The summed E-state index contributed by atoms with van der Waals surface area (Å²) in [5.74, 6) is -1.01. The second kappa shape index (κ2) is 8.29. The first kappa shape index (κ1) is 19.9. The summed E-state index contributed by atoms with van der Waals surface area (Å²) < 4.78 is 14.0. The Morgan fingerprint density at radius 3 is 2.54 bits per heavy atom. The second-order valence-electron chi connectivity index (χ2n) is 7.51. The van der Waals surface area contributed by atoms with Crippen molar-refractivity contribution in [2.45, 2.75) is 52.6 Å². The number of alkyl halides is 1. The zero-order valence-electron chi connectivity index (χ0n) is 15.6. The number of para-hydroxylation sites is 1. The maximum Gasteiger partial charge on any atom is 0.273 e. The van der Waals surface area contributed by atoms with Gasteiger partial charge in [-0.05, 0) is 30.7 Å². The topological polar surface area (TPSA) is 90.0 Å². The van der Waals surface area contributed by atoms with Crippen molar-refractivity contribution in [3.8, 4) is 0 Å². The van der Waals surface area contributed by atoms with E-state index in [0.717, 1.165) is 18.4 Å². The standard InChI is InChI=1S/C19H27FN4O2/c1-19(2,3)16(17(21)25)22-18(26)15-13-9-5-6-10-14(13)24(23-15)12-8-4-7-11-20/h5-6,9-10,16H,4,7-8,11-12H2,1-3H3,(H2,21,25)(H,22,26). The number of unbranched alkanes of at least 4 members (excludes halogenated alkanes) is 2. The van der Waals surface area contributed by atoms with Gasteiger partial charge in [-0.25, -0.2) is 0 Å². The number of carbonyl (C=O) groups is 2. The summed E-state index contributed by atoms with van der Waals surface area (Å²) in [6.07, 6.45) is 2.07. The fourth-order valence-electron chi connectivity index (χ4n) is 2.91. The predicted octanol–water partition coefficient (Wildman–Crippen LogP) is 2.81. The van der Waals surface area contributed by atoms with Gasteiger partial charge in [-0.15, -0.1) is 0 Å².